The van der Waals surface area contributed by atoms with Gasteiger partial charge in [-0.1, -0.05) is 0 Å². The van der Waals surface area contributed by atoms with Crippen LogP contribution in [0.25, 0.3) is 0 Å². The molecule has 0 aromatic carbocycles. The summed E-state index contributed by atoms with van der Waals surface area (Å²) in [6.45, 7) is 15.4. The van der Waals surface area contributed by atoms with Crippen LogP contribution in [-0.2, 0) is 87.0 Å². The number of rotatable bonds is 21. The van der Waals surface area contributed by atoms with Crippen molar-refractivity contribution >= 4 is 148 Å². The summed E-state index contributed by atoms with van der Waals surface area (Å²) in [7, 11) is 13.7. The van der Waals surface area contributed by atoms with E-state index in [1.54, 1.807) is 0 Å². The molecular weight excluding hydrogens is 1130 g/mol. The van der Waals surface area contributed by atoms with E-state index in [1.807, 2.05) is 0 Å². The van der Waals surface area contributed by atoms with E-state index in [2.05, 4.69) is 82.4 Å². The average Bonchev–Trinajstić information content (AvgIpc) is 2.95. The summed E-state index contributed by atoms with van der Waals surface area (Å²) in [6, 6.07) is 0. The quantitative estimate of drug-likeness (QED) is 0.0222. The van der Waals surface area contributed by atoms with Crippen LogP contribution in [0.5, 0.6) is 0 Å². The maximum absolute atomic E-state index is 5.27. The molecule has 0 saturated carbocycles. The Kier molecular flexibility index (Phi) is 88.8. The number of thiol groups is 4. The number of nitrogens with two attached hydrogens (primary N) is 6. The molecule has 0 unspecified atom stereocenters. The molecule has 294 valence electrons. The van der Waals surface area contributed by atoms with Gasteiger partial charge in [0.15, 0.2) is 0 Å². The van der Waals surface area contributed by atoms with Gasteiger partial charge in [0.25, 0.3) is 0 Å². The van der Waals surface area contributed by atoms with E-state index in [0.29, 0.717) is 39.3 Å². The van der Waals surface area contributed by atoms with Crippen LogP contribution in [0.4, 0.5) is 0 Å². The van der Waals surface area contributed by atoms with E-state index >= 15 is 0 Å². The molecule has 0 spiro atoms. The molecule has 13 nitrogen and oxygen atoms in total. The van der Waals surface area contributed by atoms with Gasteiger partial charge in [-0.15, -0.1) is 0 Å². The molecule has 0 atom stereocenters. The van der Waals surface area contributed by atoms with Gasteiger partial charge in [0.2, 0.25) is 0 Å². The summed E-state index contributed by atoms with van der Waals surface area (Å²) in [5.41, 5.74) is 31.6. The second-order valence-corrected chi connectivity index (χ2v) is 103. The molecule has 0 aromatic heterocycles. The van der Waals surface area contributed by atoms with Crippen LogP contribution in [0, 0.1) is 0 Å². The fraction of sp³-hybridized carbons (Fsp3) is 1.00. The summed E-state index contributed by atoms with van der Waals surface area (Å²) in [5, 5.41) is 19.0. The van der Waals surface area contributed by atoms with Crippen LogP contribution in [0.2, 0.25) is 0 Å². The normalized spacial score (nSPS) is 14.2. The number of hydrogen-bond acceptors (Lipinski definition) is 22. The van der Waals surface area contributed by atoms with E-state index < -0.39 is 43.7 Å². The zero-order valence-corrected chi connectivity index (χ0v) is 45.4. The van der Waals surface area contributed by atoms with Crippen LogP contribution in [-0.4, -0.2) is 167 Å². The summed E-state index contributed by atoms with van der Waals surface area (Å²) < 4.78 is 0. The average molecular weight is 1190 g/mol. The molecule has 4 rings (SSSR count). The van der Waals surface area contributed by atoms with Crippen molar-refractivity contribution in [3.63, 3.8) is 0 Å². The molecule has 0 aromatic rings. The van der Waals surface area contributed by atoms with Gasteiger partial charge in [0, 0.05) is 118 Å². The van der Waals surface area contributed by atoms with E-state index in [-0.39, 0.29) is 92.4 Å². The van der Waals surface area contributed by atoms with E-state index in [0.717, 1.165) is 78.5 Å². The van der Waals surface area contributed by atoms with Gasteiger partial charge in [-0.25, -0.2) is 0 Å². The Morgan fingerprint density at radius 3 is 0.532 bits per heavy atom. The van der Waals surface area contributed by atoms with Gasteiger partial charge in [0.05, 0.1) is 0 Å². The first-order valence-corrected chi connectivity index (χ1v) is 49.4. The Morgan fingerprint density at radius 2 is 0.426 bits per heavy atom. The zero-order chi connectivity index (χ0) is 29.5. The van der Waals surface area contributed by atoms with Gasteiger partial charge in [-0.05, 0) is 0 Å². The Labute approximate surface area is 365 Å². The third-order valence-corrected chi connectivity index (χ3v) is 246. The second-order valence-electron chi connectivity index (χ2n) is 7.84. The fourth-order valence-corrected chi connectivity index (χ4v) is 615. The number of nitrogens with one attached hydrogen (secondary N) is 6. The molecule has 4 saturated heterocycles. The van der Waals surface area contributed by atoms with Crippen molar-refractivity contribution in [2.24, 2.45) is 34.4 Å². The molecule has 0 amide bonds. The van der Waals surface area contributed by atoms with Gasteiger partial charge in [0.1, 0.15) is 0 Å². The third-order valence-electron chi connectivity index (χ3n) is 4.36. The predicted octanol–water partition coefficient (Wildman–Crippen LogP) is -5.30. The molecule has 4 fully saturated rings. The van der Waals surface area contributed by atoms with Crippen LogP contribution >= 0.6 is 50.5 Å². The van der Waals surface area contributed by atoms with E-state index in [9.17, 15) is 0 Å². The zero-order valence-electron chi connectivity index (χ0n) is 26.6. The molecule has 0 aliphatic carbocycles. The molecule has 20 N–H and O–H groups in total. The first-order valence-electron chi connectivity index (χ1n) is 13.6. The van der Waals surface area contributed by atoms with Crippen molar-refractivity contribution in [1.82, 2.24) is 31.9 Å². The summed E-state index contributed by atoms with van der Waals surface area (Å²) in [5.74, 6) is 0. The monoisotopic (exact) mass is 1190 g/mol. The fourth-order valence-electron chi connectivity index (χ4n) is 2.55. The Balaban J connectivity index is -0.0000000685. The van der Waals surface area contributed by atoms with Crippen LogP contribution in [0.1, 0.15) is 0 Å². The first kappa shape index (κ1) is 70.9. The molecule has 47 heavy (non-hydrogen) atoms. The molecule has 4 radical (unpaired) electrons. The Morgan fingerprint density at radius 1 is 0.298 bits per heavy atom. The summed E-state index contributed by atoms with van der Waals surface area (Å²) >= 11 is 0. The topological polar surface area (TPSA) is 260 Å². The van der Waals surface area contributed by atoms with Crippen molar-refractivity contribution in [3.05, 3.63) is 0 Å². The van der Waals surface area contributed by atoms with Gasteiger partial charge in [-0.2, -0.15) is 0 Å². The predicted molar refractivity (Wildman–Crippen MR) is 239 cm³/mol. The van der Waals surface area contributed by atoms with Crippen LogP contribution in [0.15, 0.2) is 0 Å². The SMILES string of the molecule is NCCNCCNCCN.NCCNCCNCCN.NCCNCCNCCN.O.[Ni+2].[Ni+2].[SH-].[SH-].[SH-].[SH-].[S]1[Ge]2[S][Ge]3[S][Ge]1[S][Ge]([S]2)[S]3. The Hall–Kier alpha value is 6.14. The van der Waals surface area contributed by atoms with Crippen molar-refractivity contribution in [2.75, 3.05) is 118 Å². The molecular formula is C18H60Ge4N12Ni2OS10. The molecule has 4 bridgehead atoms. The van der Waals surface area contributed by atoms with Crippen LogP contribution < -0.4 is 66.3 Å². The summed E-state index contributed by atoms with van der Waals surface area (Å²) in [6.07, 6.45) is 0. The van der Waals surface area contributed by atoms with Crippen molar-refractivity contribution < 1.29 is 38.5 Å². The molecule has 29 heteroatoms. The standard InChI is InChI=1S/3C6H18N4.Ge4S6.2Ni.H2O.4H2S/c3*7-1-3-9-5-6-10-4-2-8;5-1-6-3-8-2(5)9-4(7-1)10-3;;;;;;;/h3*9-10H,1-8H2;;;;5*1H2/q;;;;2*+2;;;;;/p-4. The third kappa shape index (κ3) is 50.1. The van der Waals surface area contributed by atoms with Crippen molar-refractivity contribution in [3.8, 4) is 0 Å². The summed E-state index contributed by atoms with van der Waals surface area (Å²) in [4.78, 5) is 0. The number of hydrogen-bond donors (Lipinski definition) is 12. The van der Waals surface area contributed by atoms with Crippen LogP contribution in [0.3, 0.4) is 0 Å². The van der Waals surface area contributed by atoms with E-state index in [1.165, 1.54) is 0 Å². The van der Waals surface area contributed by atoms with Gasteiger partial charge in [-0.3, -0.25) is 0 Å². The van der Waals surface area contributed by atoms with Gasteiger partial charge >= 0.3 is 127 Å². The van der Waals surface area contributed by atoms with Crippen molar-refractivity contribution in [1.29, 1.82) is 0 Å². The first-order chi connectivity index (χ1) is 19.6. The molecule has 4 aliphatic rings. The second kappa shape index (κ2) is 58.8. The van der Waals surface area contributed by atoms with E-state index in [4.69, 9.17) is 34.4 Å². The van der Waals surface area contributed by atoms with Crippen molar-refractivity contribution in [2.45, 2.75) is 0 Å². The maximum atomic E-state index is 5.27. The molecule has 4 aliphatic heterocycles. The minimum atomic E-state index is -0.427. The van der Waals surface area contributed by atoms with Gasteiger partial charge < -0.3 is 126 Å². The Bertz CT molecular complexity index is 432. The molecule has 4 heterocycles. The minimum absolute atomic E-state index is 0.